The zero-order valence-corrected chi connectivity index (χ0v) is 14.3. The van der Waals surface area contributed by atoms with Gasteiger partial charge in [0.15, 0.2) is 14.7 Å². The number of benzene rings is 1. The van der Waals surface area contributed by atoms with E-state index in [0.717, 1.165) is 11.2 Å². The number of non-ortho nitro benzene ring substituents is 1. The van der Waals surface area contributed by atoms with Crippen LogP contribution in [0.1, 0.15) is 12.0 Å². The number of sulfone groups is 1. The third-order valence-electron chi connectivity index (χ3n) is 4.18. The number of amides is 1. The largest absolute Gasteiger partial charge is 0.445 e. The van der Waals surface area contributed by atoms with Crippen molar-refractivity contribution in [1.29, 1.82) is 0 Å². The van der Waals surface area contributed by atoms with Crippen LogP contribution in [0.3, 0.4) is 0 Å². The number of aliphatic hydroxyl groups excluding tert-OH is 1. The number of nitro groups is 1. The Hall–Kier alpha value is -2.24. The summed E-state index contributed by atoms with van der Waals surface area (Å²) in [5.74, 6) is 0. The van der Waals surface area contributed by atoms with Gasteiger partial charge in [0.2, 0.25) is 0 Å². The van der Waals surface area contributed by atoms with Crippen LogP contribution in [0.4, 0.5) is 10.5 Å². The van der Waals surface area contributed by atoms with Crippen LogP contribution < -0.4 is 5.73 Å². The lowest BCUT2D eigenvalue weighted by Gasteiger charge is -2.34. The predicted molar refractivity (Wildman–Crippen MR) is 87.2 cm³/mol. The third-order valence-corrected chi connectivity index (χ3v) is 6.11. The number of likely N-dealkylation sites (tertiary alicyclic amines) is 1. The van der Waals surface area contributed by atoms with Crippen LogP contribution in [0.25, 0.3) is 0 Å². The summed E-state index contributed by atoms with van der Waals surface area (Å²) < 4.78 is 29.3. The third kappa shape index (κ3) is 3.72. The summed E-state index contributed by atoms with van der Waals surface area (Å²) >= 11 is 0. The monoisotopic (exact) mass is 373 g/mol. The number of β-amino-alcohol motifs (C(OH)–C–C–N with tert-alkyl or cyclic N) is 1. The molecule has 1 aliphatic heterocycles. The lowest BCUT2D eigenvalue weighted by Crippen LogP contribution is -2.57. The van der Waals surface area contributed by atoms with E-state index in [4.69, 9.17) is 10.5 Å². The van der Waals surface area contributed by atoms with E-state index in [9.17, 15) is 28.4 Å². The number of aliphatic hydroxyl groups is 1. The maximum absolute atomic E-state index is 12.3. The molecule has 0 radical (unpaired) electrons. The summed E-state index contributed by atoms with van der Waals surface area (Å²) in [4.78, 5) is 21.6. The smallest absolute Gasteiger partial charge is 0.411 e. The van der Waals surface area contributed by atoms with Gasteiger partial charge in [0.05, 0.1) is 17.6 Å². The molecule has 2 rings (SSSR count). The zero-order chi connectivity index (χ0) is 18.8. The van der Waals surface area contributed by atoms with E-state index >= 15 is 0 Å². The van der Waals surface area contributed by atoms with E-state index in [1.54, 1.807) is 0 Å². The SMILES string of the molecule is CS(=O)(=O)[C@]1(CN)C[C@@H](O)CN1C(=O)OCc1ccc([N+](=O)[O-])cc1. The summed E-state index contributed by atoms with van der Waals surface area (Å²) in [6, 6.07) is 5.39. The molecule has 0 bridgehead atoms. The number of carbonyl (C=O) groups is 1. The minimum atomic E-state index is -3.77. The Morgan fingerprint density at radius 3 is 2.56 bits per heavy atom. The fraction of sp³-hybridized carbons (Fsp3) is 0.500. The van der Waals surface area contributed by atoms with Crippen molar-refractivity contribution in [3.8, 4) is 0 Å². The Morgan fingerprint density at radius 1 is 1.48 bits per heavy atom. The molecule has 25 heavy (non-hydrogen) atoms. The molecule has 0 aliphatic carbocycles. The molecule has 1 saturated heterocycles. The molecule has 1 aromatic carbocycles. The van der Waals surface area contributed by atoms with Gasteiger partial charge in [-0.15, -0.1) is 0 Å². The predicted octanol–water partition coefficient (Wildman–Crippen LogP) is -0.00240. The van der Waals surface area contributed by atoms with Crippen molar-refractivity contribution in [2.75, 3.05) is 19.3 Å². The van der Waals surface area contributed by atoms with Gasteiger partial charge in [0.25, 0.3) is 5.69 Å². The van der Waals surface area contributed by atoms with E-state index < -0.39 is 31.8 Å². The number of hydrogen-bond donors (Lipinski definition) is 2. The van der Waals surface area contributed by atoms with Crippen LogP contribution in [0.2, 0.25) is 0 Å². The van der Waals surface area contributed by atoms with Crippen LogP contribution in [0.15, 0.2) is 24.3 Å². The molecular weight excluding hydrogens is 354 g/mol. The second-order valence-corrected chi connectivity index (χ2v) is 8.17. The van der Waals surface area contributed by atoms with E-state index in [1.807, 2.05) is 0 Å². The number of nitrogens with two attached hydrogens (primary N) is 1. The van der Waals surface area contributed by atoms with Crippen LogP contribution in [-0.4, -0.2) is 59.8 Å². The average molecular weight is 373 g/mol. The molecule has 10 nitrogen and oxygen atoms in total. The molecule has 0 spiro atoms. The van der Waals surface area contributed by atoms with Crippen molar-refractivity contribution in [3.05, 3.63) is 39.9 Å². The number of rotatable bonds is 5. The highest BCUT2D eigenvalue weighted by molar-refractivity contribution is 7.92. The highest BCUT2D eigenvalue weighted by Gasteiger charge is 2.54. The normalized spacial score (nSPS) is 23.5. The maximum atomic E-state index is 12.3. The van der Waals surface area contributed by atoms with Gasteiger partial charge in [0.1, 0.15) is 6.61 Å². The molecule has 11 heteroatoms. The highest BCUT2D eigenvalue weighted by Crippen LogP contribution is 2.34. The highest BCUT2D eigenvalue weighted by atomic mass is 32.2. The van der Waals surface area contributed by atoms with Gasteiger partial charge in [0, 0.05) is 31.4 Å². The Bertz CT molecular complexity index is 765. The number of hydrogen-bond acceptors (Lipinski definition) is 8. The Morgan fingerprint density at radius 2 is 2.08 bits per heavy atom. The topological polar surface area (TPSA) is 153 Å². The molecule has 1 aromatic rings. The number of nitro benzene ring substituents is 1. The Labute approximate surface area is 144 Å². The first-order valence-corrected chi connectivity index (χ1v) is 9.25. The maximum Gasteiger partial charge on any atom is 0.411 e. The van der Waals surface area contributed by atoms with Crippen LogP contribution in [0.5, 0.6) is 0 Å². The first-order valence-electron chi connectivity index (χ1n) is 7.36. The fourth-order valence-corrected chi connectivity index (χ4v) is 4.14. The van der Waals surface area contributed by atoms with Gasteiger partial charge in [-0.1, -0.05) is 0 Å². The lowest BCUT2D eigenvalue weighted by molar-refractivity contribution is -0.384. The van der Waals surface area contributed by atoms with Crippen molar-refractivity contribution < 1.29 is 28.0 Å². The van der Waals surface area contributed by atoms with Crippen molar-refractivity contribution >= 4 is 21.6 Å². The van der Waals surface area contributed by atoms with Gasteiger partial charge >= 0.3 is 6.09 Å². The van der Waals surface area contributed by atoms with Crippen molar-refractivity contribution in [1.82, 2.24) is 4.90 Å². The zero-order valence-electron chi connectivity index (χ0n) is 13.5. The average Bonchev–Trinajstić information content (AvgIpc) is 2.90. The molecule has 138 valence electrons. The summed E-state index contributed by atoms with van der Waals surface area (Å²) in [7, 11) is -3.77. The lowest BCUT2D eigenvalue weighted by atomic mass is 10.2. The summed E-state index contributed by atoms with van der Waals surface area (Å²) in [5, 5.41) is 20.4. The molecule has 3 N–H and O–H groups in total. The van der Waals surface area contributed by atoms with Crippen LogP contribution in [-0.2, 0) is 21.2 Å². The summed E-state index contributed by atoms with van der Waals surface area (Å²) in [6.45, 7) is -0.771. The second kappa shape index (κ2) is 6.94. The molecule has 0 unspecified atom stereocenters. The number of ether oxygens (including phenoxy) is 1. The molecule has 0 saturated carbocycles. The van der Waals surface area contributed by atoms with Crippen molar-refractivity contribution in [2.24, 2.45) is 5.73 Å². The second-order valence-electron chi connectivity index (χ2n) is 5.87. The standard InChI is InChI=1S/C14H19N3O7S/c1-25(22,23)14(9-15)6-12(18)7-16(14)13(19)24-8-10-2-4-11(5-3-10)17(20)21/h2-5,12,18H,6-9,15H2,1H3/t12-,14+/m1/s1. The minimum Gasteiger partial charge on any atom is -0.445 e. The summed E-state index contributed by atoms with van der Waals surface area (Å²) in [5.41, 5.74) is 5.99. The molecule has 1 aliphatic rings. The van der Waals surface area contributed by atoms with Gasteiger partial charge in [-0.05, 0) is 17.7 Å². The van der Waals surface area contributed by atoms with Gasteiger partial charge in [-0.3, -0.25) is 15.0 Å². The fourth-order valence-electron chi connectivity index (χ4n) is 2.79. The van der Waals surface area contributed by atoms with Crippen LogP contribution in [0, 0.1) is 10.1 Å². The first kappa shape index (κ1) is 19.1. The number of nitrogens with zero attached hydrogens (tertiary/aromatic N) is 2. The van der Waals surface area contributed by atoms with Crippen molar-refractivity contribution in [3.63, 3.8) is 0 Å². The van der Waals surface area contributed by atoms with Crippen molar-refractivity contribution in [2.45, 2.75) is 24.0 Å². The Balaban J connectivity index is 2.12. The quantitative estimate of drug-likeness (QED) is 0.540. The molecule has 1 fully saturated rings. The molecule has 0 aromatic heterocycles. The number of carbonyl (C=O) groups excluding carboxylic acids is 1. The van der Waals surface area contributed by atoms with E-state index in [-0.39, 0.29) is 31.8 Å². The van der Waals surface area contributed by atoms with Gasteiger partial charge in [-0.2, -0.15) is 0 Å². The van der Waals surface area contributed by atoms with E-state index in [0.29, 0.717) is 5.56 Å². The molecule has 1 amide bonds. The van der Waals surface area contributed by atoms with E-state index in [1.165, 1.54) is 24.3 Å². The van der Waals surface area contributed by atoms with E-state index in [2.05, 4.69) is 0 Å². The van der Waals surface area contributed by atoms with Gasteiger partial charge < -0.3 is 15.6 Å². The minimum absolute atomic E-state index is 0.100. The molecule has 2 atom stereocenters. The Kier molecular flexibility index (Phi) is 5.30. The van der Waals surface area contributed by atoms with Crippen LogP contribution >= 0.6 is 0 Å². The summed E-state index contributed by atoms with van der Waals surface area (Å²) in [6.07, 6.45) is -1.18. The molecular formula is C14H19N3O7S. The van der Waals surface area contributed by atoms with Gasteiger partial charge in [-0.25, -0.2) is 13.2 Å². The molecule has 1 heterocycles. The first-order chi connectivity index (χ1) is 11.6.